The van der Waals surface area contributed by atoms with Crippen LogP contribution < -0.4 is 5.32 Å². The first kappa shape index (κ1) is 24.2. The zero-order chi connectivity index (χ0) is 23.4. The van der Waals surface area contributed by atoms with E-state index in [1.54, 1.807) is 48.5 Å². The molecule has 178 valence electrons. The van der Waals surface area contributed by atoms with Crippen molar-refractivity contribution in [3.05, 3.63) is 0 Å². The standard InChI is InChI=1S/C21H35NO9/c1-18(2,3)31-17(24)22-19(4,5)16(23)25-10-11-12-13(28-20(6,7)27-12)14-15(26-11)30-21(8,9)29-14/h11-15H,10H2,1-9H3,(H,22,24)/t11-,12+,13+,14-,15-/m1/s1. The molecule has 3 fully saturated rings. The summed E-state index contributed by atoms with van der Waals surface area (Å²) in [6.07, 6.45) is -3.42. The van der Waals surface area contributed by atoms with Crippen molar-refractivity contribution >= 4 is 12.1 Å². The Kier molecular flexibility index (Phi) is 6.12. The Labute approximate surface area is 183 Å². The summed E-state index contributed by atoms with van der Waals surface area (Å²) in [5.41, 5.74) is -1.99. The van der Waals surface area contributed by atoms with Gasteiger partial charge in [-0.3, -0.25) is 0 Å². The molecule has 1 N–H and O–H groups in total. The molecule has 0 bridgehead atoms. The number of hydrogen-bond acceptors (Lipinski definition) is 9. The van der Waals surface area contributed by atoms with Crippen LogP contribution in [0.4, 0.5) is 4.79 Å². The zero-order valence-corrected chi connectivity index (χ0v) is 19.8. The van der Waals surface area contributed by atoms with Crippen LogP contribution in [0.5, 0.6) is 0 Å². The van der Waals surface area contributed by atoms with E-state index in [9.17, 15) is 9.59 Å². The molecule has 0 aromatic heterocycles. The number of ether oxygens (including phenoxy) is 7. The predicted octanol–water partition coefficient (Wildman–Crippen LogP) is 2.23. The van der Waals surface area contributed by atoms with E-state index >= 15 is 0 Å². The minimum absolute atomic E-state index is 0.105. The average Bonchev–Trinajstić information content (AvgIpc) is 3.03. The van der Waals surface area contributed by atoms with Gasteiger partial charge < -0.3 is 38.5 Å². The Balaban J connectivity index is 1.63. The van der Waals surface area contributed by atoms with Crippen molar-refractivity contribution < 1.29 is 42.7 Å². The number of hydrogen-bond donors (Lipinski definition) is 1. The van der Waals surface area contributed by atoms with Gasteiger partial charge in [0, 0.05) is 0 Å². The number of fused-ring (bicyclic) bond motifs is 3. The van der Waals surface area contributed by atoms with Crippen LogP contribution >= 0.6 is 0 Å². The molecule has 3 saturated heterocycles. The highest BCUT2D eigenvalue weighted by molar-refractivity contribution is 5.84. The fourth-order valence-electron chi connectivity index (χ4n) is 3.78. The summed E-state index contributed by atoms with van der Waals surface area (Å²) in [7, 11) is 0. The Bertz CT molecular complexity index is 712. The molecule has 0 spiro atoms. The van der Waals surface area contributed by atoms with Crippen molar-refractivity contribution in [1.29, 1.82) is 0 Å². The van der Waals surface area contributed by atoms with Gasteiger partial charge in [-0.15, -0.1) is 0 Å². The number of nitrogens with one attached hydrogen (secondary N) is 1. The summed E-state index contributed by atoms with van der Waals surface area (Å²) < 4.78 is 40.6. The molecule has 0 aromatic rings. The number of esters is 1. The van der Waals surface area contributed by atoms with E-state index < -0.39 is 65.5 Å². The second-order valence-corrected chi connectivity index (χ2v) is 10.6. The van der Waals surface area contributed by atoms with Gasteiger partial charge in [-0.25, -0.2) is 9.59 Å². The van der Waals surface area contributed by atoms with E-state index in [0.29, 0.717) is 0 Å². The Morgan fingerprint density at radius 1 is 0.871 bits per heavy atom. The summed E-state index contributed by atoms with van der Waals surface area (Å²) in [6.45, 7) is 15.4. The van der Waals surface area contributed by atoms with Gasteiger partial charge in [0.15, 0.2) is 17.9 Å². The molecule has 10 heteroatoms. The first-order valence-corrected chi connectivity index (χ1v) is 10.5. The summed E-state index contributed by atoms with van der Waals surface area (Å²) in [6, 6.07) is 0. The monoisotopic (exact) mass is 445 g/mol. The van der Waals surface area contributed by atoms with Crippen LogP contribution in [-0.2, 0) is 38.0 Å². The molecular formula is C21H35NO9. The largest absolute Gasteiger partial charge is 0.461 e. The maximum absolute atomic E-state index is 12.7. The highest BCUT2D eigenvalue weighted by Gasteiger charge is 2.61. The molecule has 5 atom stereocenters. The molecule has 0 unspecified atom stereocenters. The number of rotatable bonds is 4. The zero-order valence-electron chi connectivity index (χ0n) is 19.8. The molecule has 3 aliphatic heterocycles. The fraction of sp³-hybridized carbons (Fsp3) is 0.905. The van der Waals surface area contributed by atoms with E-state index in [1.807, 2.05) is 0 Å². The second kappa shape index (κ2) is 7.84. The van der Waals surface area contributed by atoms with Gasteiger partial charge in [-0.1, -0.05) is 0 Å². The summed E-state index contributed by atoms with van der Waals surface area (Å²) >= 11 is 0. The minimum Gasteiger partial charge on any atom is -0.461 e. The van der Waals surface area contributed by atoms with E-state index in [2.05, 4.69) is 5.32 Å². The number of carbonyl (C=O) groups excluding carboxylic acids is 2. The SMILES string of the molecule is CC(C)(C)OC(=O)NC(C)(C)C(=O)OC[C@H]1O[C@@H]2OC(C)(C)O[C@@H]2[C@H]2OC(C)(C)O[C@H]21. The summed E-state index contributed by atoms with van der Waals surface area (Å²) in [5, 5.41) is 2.53. The maximum Gasteiger partial charge on any atom is 0.408 e. The van der Waals surface area contributed by atoms with Crippen molar-refractivity contribution in [3.63, 3.8) is 0 Å². The molecule has 3 heterocycles. The van der Waals surface area contributed by atoms with Crippen LogP contribution in [0.1, 0.15) is 62.3 Å². The Morgan fingerprint density at radius 2 is 1.42 bits per heavy atom. The van der Waals surface area contributed by atoms with Crippen LogP contribution in [-0.4, -0.2) is 72.1 Å². The van der Waals surface area contributed by atoms with Crippen LogP contribution in [0.3, 0.4) is 0 Å². The van der Waals surface area contributed by atoms with E-state index in [4.69, 9.17) is 33.2 Å². The number of carbonyl (C=O) groups is 2. The normalized spacial score (nSPS) is 33.9. The van der Waals surface area contributed by atoms with Crippen molar-refractivity contribution in [3.8, 4) is 0 Å². The second-order valence-electron chi connectivity index (χ2n) is 10.6. The van der Waals surface area contributed by atoms with Gasteiger partial charge in [0.25, 0.3) is 0 Å². The van der Waals surface area contributed by atoms with Crippen LogP contribution in [0.25, 0.3) is 0 Å². The molecule has 0 aliphatic carbocycles. The van der Waals surface area contributed by atoms with Gasteiger partial charge in [0.2, 0.25) is 0 Å². The smallest absolute Gasteiger partial charge is 0.408 e. The van der Waals surface area contributed by atoms with Crippen molar-refractivity contribution in [2.45, 2.75) is 116 Å². The molecule has 0 saturated carbocycles. The summed E-state index contributed by atoms with van der Waals surface area (Å²) in [5.74, 6) is -2.31. The minimum atomic E-state index is -1.31. The van der Waals surface area contributed by atoms with E-state index in [1.165, 1.54) is 13.8 Å². The maximum atomic E-state index is 12.7. The van der Waals surface area contributed by atoms with Gasteiger partial charge in [0.1, 0.15) is 42.2 Å². The lowest BCUT2D eigenvalue weighted by Gasteiger charge is -2.37. The molecule has 0 radical (unpaired) electrons. The van der Waals surface area contributed by atoms with Gasteiger partial charge in [-0.05, 0) is 62.3 Å². The van der Waals surface area contributed by atoms with E-state index in [-0.39, 0.29) is 6.61 Å². The Hall–Kier alpha value is -1.46. The average molecular weight is 446 g/mol. The third kappa shape index (κ3) is 5.67. The lowest BCUT2D eigenvalue weighted by atomic mass is 9.99. The number of amides is 1. The highest BCUT2D eigenvalue weighted by Crippen LogP contribution is 2.44. The lowest BCUT2D eigenvalue weighted by molar-refractivity contribution is -0.242. The lowest BCUT2D eigenvalue weighted by Crippen LogP contribution is -2.57. The molecule has 10 nitrogen and oxygen atoms in total. The van der Waals surface area contributed by atoms with Crippen molar-refractivity contribution in [2.24, 2.45) is 0 Å². The van der Waals surface area contributed by atoms with Gasteiger partial charge in [-0.2, -0.15) is 0 Å². The van der Waals surface area contributed by atoms with E-state index in [0.717, 1.165) is 0 Å². The van der Waals surface area contributed by atoms with Crippen LogP contribution in [0.15, 0.2) is 0 Å². The quantitative estimate of drug-likeness (QED) is 0.651. The van der Waals surface area contributed by atoms with Crippen LogP contribution in [0, 0.1) is 0 Å². The topological polar surface area (TPSA) is 111 Å². The molecule has 3 rings (SSSR count). The molecular weight excluding hydrogens is 410 g/mol. The highest BCUT2D eigenvalue weighted by atomic mass is 16.9. The predicted molar refractivity (Wildman–Crippen MR) is 107 cm³/mol. The molecule has 31 heavy (non-hydrogen) atoms. The van der Waals surface area contributed by atoms with Crippen molar-refractivity contribution in [1.82, 2.24) is 5.32 Å². The molecule has 3 aliphatic rings. The molecule has 1 amide bonds. The first-order valence-electron chi connectivity index (χ1n) is 10.5. The third-order valence-electron chi connectivity index (χ3n) is 4.95. The van der Waals surface area contributed by atoms with Gasteiger partial charge >= 0.3 is 12.1 Å². The summed E-state index contributed by atoms with van der Waals surface area (Å²) in [4.78, 5) is 24.7. The van der Waals surface area contributed by atoms with Gasteiger partial charge in [0.05, 0.1) is 0 Å². The van der Waals surface area contributed by atoms with Crippen LogP contribution in [0.2, 0.25) is 0 Å². The van der Waals surface area contributed by atoms with Crippen molar-refractivity contribution in [2.75, 3.05) is 6.61 Å². The Morgan fingerprint density at radius 3 is 2.03 bits per heavy atom. The third-order valence-corrected chi connectivity index (χ3v) is 4.95. The fourth-order valence-corrected chi connectivity index (χ4v) is 3.78. The molecule has 0 aromatic carbocycles. The number of alkyl carbamates (subject to hydrolysis) is 1. The first-order chi connectivity index (χ1) is 14.0.